The molecule has 3 N–H and O–H groups in total. The molecule has 23 heavy (non-hydrogen) atoms. The summed E-state index contributed by atoms with van der Waals surface area (Å²) in [7, 11) is -1.89. The number of hydrogen-bond acceptors (Lipinski definition) is 4. The van der Waals surface area contributed by atoms with Gasteiger partial charge in [0, 0.05) is 18.7 Å². The molecule has 1 aromatic heterocycles. The summed E-state index contributed by atoms with van der Waals surface area (Å²) in [6.45, 7) is 0.790. The first-order valence-corrected chi connectivity index (χ1v) is 8.89. The first kappa shape index (κ1) is 15.8. The van der Waals surface area contributed by atoms with Crippen LogP contribution in [-0.4, -0.2) is 54.6 Å². The summed E-state index contributed by atoms with van der Waals surface area (Å²) in [5.41, 5.74) is 1.38. The number of imidazole rings is 1. The first-order valence-electron chi connectivity index (χ1n) is 7.34. The Kier molecular flexibility index (Phi) is 3.99. The number of H-pyrrole nitrogens is 2. The lowest BCUT2D eigenvalue weighted by atomic mass is 10.1. The van der Waals surface area contributed by atoms with Crippen molar-refractivity contribution in [2.75, 3.05) is 20.1 Å². The zero-order chi connectivity index (χ0) is 16.6. The number of aromatic amines is 2. The highest BCUT2D eigenvalue weighted by Crippen LogP contribution is 2.20. The third-order valence-corrected chi connectivity index (χ3v) is 6.13. The molecule has 1 fully saturated rings. The quantitative estimate of drug-likeness (QED) is 0.731. The molecule has 1 amide bonds. The Hall–Kier alpha value is -2.13. The van der Waals surface area contributed by atoms with Gasteiger partial charge in [-0.15, -0.1) is 0 Å². The van der Waals surface area contributed by atoms with Gasteiger partial charge in [-0.05, 0) is 38.1 Å². The van der Waals surface area contributed by atoms with Gasteiger partial charge in [0.05, 0.1) is 16.3 Å². The number of sulfonamides is 1. The largest absolute Gasteiger partial charge is 0.339 e. The van der Waals surface area contributed by atoms with Crippen LogP contribution < -0.4 is 10.4 Å². The van der Waals surface area contributed by atoms with Gasteiger partial charge in [0.1, 0.15) is 0 Å². The maximum atomic E-state index is 12.5. The average Bonchev–Trinajstić information content (AvgIpc) is 2.93. The number of nitrogens with zero attached hydrogens (tertiary/aromatic N) is 1. The molecule has 9 heteroatoms. The number of amides is 1. The number of hydrogen-bond donors (Lipinski definition) is 3. The minimum absolute atomic E-state index is 0.158. The van der Waals surface area contributed by atoms with Crippen molar-refractivity contribution < 1.29 is 13.2 Å². The van der Waals surface area contributed by atoms with Gasteiger partial charge in [-0.25, -0.2) is 17.9 Å². The molecule has 1 aliphatic rings. The van der Waals surface area contributed by atoms with Crippen LogP contribution in [0.3, 0.4) is 0 Å². The van der Waals surface area contributed by atoms with Crippen LogP contribution in [0, 0.1) is 0 Å². The predicted molar refractivity (Wildman–Crippen MR) is 85.8 cm³/mol. The van der Waals surface area contributed by atoms with Crippen LogP contribution in [0.1, 0.15) is 23.2 Å². The van der Waals surface area contributed by atoms with Crippen LogP contribution in [-0.2, 0) is 10.0 Å². The molecule has 124 valence electrons. The number of aromatic nitrogens is 2. The molecule has 1 aliphatic heterocycles. The van der Waals surface area contributed by atoms with E-state index in [-0.39, 0.29) is 11.6 Å². The minimum Gasteiger partial charge on any atom is -0.339 e. The van der Waals surface area contributed by atoms with E-state index in [9.17, 15) is 18.0 Å². The van der Waals surface area contributed by atoms with Crippen molar-refractivity contribution in [2.24, 2.45) is 0 Å². The van der Waals surface area contributed by atoms with Gasteiger partial charge in [0.15, 0.2) is 0 Å². The molecule has 8 nitrogen and oxygen atoms in total. The maximum Gasteiger partial charge on any atom is 0.323 e. The van der Waals surface area contributed by atoms with Crippen molar-refractivity contribution in [2.45, 2.75) is 18.1 Å². The lowest BCUT2D eigenvalue weighted by molar-refractivity contribution is 0.0725. The second kappa shape index (κ2) is 5.82. The maximum absolute atomic E-state index is 12.5. The summed E-state index contributed by atoms with van der Waals surface area (Å²) < 4.78 is 25.9. The fraction of sp³-hybridized carbons (Fsp3) is 0.429. The van der Waals surface area contributed by atoms with Crippen LogP contribution in [0.5, 0.6) is 0 Å². The normalized spacial score (nSPS) is 16.8. The standard InChI is InChI=1S/C14H18N4O4S/c1-15-23(21,22)10-4-6-18(7-5-10)13(19)9-2-3-11-12(8-9)17-14(20)16-11/h2-3,8,10,15H,4-7H2,1H3,(H2,16,17,20). The SMILES string of the molecule is CNS(=O)(=O)C1CCN(C(=O)c2ccc3[nH]c(=O)[nH]c3c2)CC1. The summed E-state index contributed by atoms with van der Waals surface area (Å²) in [5, 5.41) is -0.458. The van der Waals surface area contributed by atoms with E-state index in [0.29, 0.717) is 42.5 Å². The average molecular weight is 338 g/mol. The number of piperidine rings is 1. The number of nitrogens with one attached hydrogen (secondary N) is 3. The molecule has 2 aromatic rings. The molecular weight excluding hydrogens is 320 g/mol. The van der Waals surface area contributed by atoms with E-state index >= 15 is 0 Å². The van der Waals surface area contributed by atoms with E-state index in [1.807, 2.05) is 0 Å². The van der Waals surface area contributed by atoms with E-state index in [1.165, 1.54) is 7.05 Å². The van der Waals surface area contributed by atoms with E-state index in [1.54, 1.807) is 23.1 Å². The Morgan fingerprint density at radius 2 is 1.87 bits per heavy atom. The van der Waals surface area contributed by atoms with Crippen LogP contribution in [0.25, 0.3) is 11.0 Å². The Bertz CT molecular complexity index is 891. The van der Waals surface area contributed by atoms with Crippen molar-refractivity contribution >= 4 is 27.0 Å². The lowest BCUT2D eigenvalue weighted by Crippen LogP contribution is -2.44. The van der Waals surface area contributed by atoms with E-state index in [4.69, 9.17) is 0 Å². The topological polar surface area (TPSA) is 115 Å². The number of fused-ring (bicyclic) bond motifs is 1. The Balaban J connectivity index is 1.74. The summed E-state index contributed by atoms with van der Waals surface area (Å²) >= 11 is 0. The molecule has 0 aliphatic carbocycles. The van der Waals surface area contributed by atoms with Gasteiger partial charge >= 0.3 is 5.69 Å². The van der Waals surface area contributed by atoms with Crippen LogP contribution in [0.15, 0.2) is 23.0 Å². The molecule has 1 saturated heterocycles. The Labute approximate surface area is 132 Å². The van der Waals surface area contributed by atoms with Crippen molar-refractivity contribution in [1.29, 1.82) is 0 Å². The van der Waals surface area contributed by atoms with Gasteiger partial charge in [-0.2, -0.15) is 0 Å². The monoisotopic (exact) mass is 338 g/mol. The van der Waals surface area contributed by atoms with E-state index < -0.39 is 15.3 Å². The molecule has 0 atom stereocenters. The van der Waals surface area contributed by atoms with Gasteiger partial charge in [0.2, 0.25) is 10.0 Å². The second-order valence-electron chi connectivity index (χ2n) is 5.58. The first-order chi connectivity index (χ1) is 10.9. The summed E-state index contributed by atoms with van der Waals surface area (Å²) in [5.74, 6) is -0.158. The highest BCUT2D eigenvalue weighted by atomic mass is 32.2. The number of benzene rings is 1. The van der Waals surface area contributed by atoms with Crippen molar-refractivity contribution in [1.82, 2.24) is 19.6 Å². The van der Waals surface area contributed by atoms with E-state index in [0.717, 1.165) is 0 Å². The Morgan fingerprint density at radius 3 is 2.52 bits per heavy atom. The molecular formula is C14H18N4O4S. The predicted octanol–water partition coefficient (Wildman–Crippen LogP) is 0.01000. The minimum atomic E-state index is -3.29. The van der Waals surface area contributed by atoms with Crippen molar-refractivity contribution in [3.63, 3.8) is 0 Å². The number of rotatable bonds is 3. The molecule has 0 saturated carbocycles. The number of likely N-dealkylation sites (tertiary alicyclic amines) is 1. The molecule has 0 unspecified atom stereocenters. The highest BCUT2D eigenvalue weighted by molar-refractivity contribution is 7.90. The van der Waals surface area contributed by atoms with Crippen LogP contribution in [0.2, 0.25) is 0 Å². The number of carbonyl (C=O) groups is 1. The molecule has 0 spiro atoms. The highest BCUT2D eigenvalue weighted by Gasteiger charge is 2.30. The molecule has 3 rings (SSSR count). The van der Waals surface area contributed by atoms with Gasteiger partial charge in [-0.1, -0.05) is 0 Å². The molecule has 0 radical (unpaired) electrons. The second-order valence-corrected chi connectivity index (χ2v) is 7.75. The smallest absolute Gasteiger partial charge is 0.323 e. The van der Waals surface area contributed by atoms with Crippen LogP contribution >= 0.6 is 0 Å². The van der Waals surface area contributed by atoms with Crippen molar-refractivity contribution in [3.8, 4) is 0 Å². The zero-order valence-electron chi connectivity index (χ0n) is 12.6. The summed E-state index contributed by atoms with van der Waals surface area (Å²) in [6.07, 6.45) is 0.830. The fourth-order valence-electron chi connectivity index (χ4n) is 2.88. The third-order valence-electron chi connectivity index (χ3n) is 4.22. The van der Waals surface area contributed by atoms with Gasteiger partial charge in [-0.3, -0.25) is 4.79 Å². The summed E-state index contributed by atoms with van der Waals surface area (Å²) in [6, 6.07) is 4.97. The Morgan fingerprint density at radius 1 is 1.22 bits per heavy atom. The van der Waals surface area contributed by atoms with Crippen LogP contribution in [0.4, 0.5) is 0 Å². The number of carbonyl (C=O) groups excluding carboxylic acids is 1. The van der Waals surface area contributed by atoms with Gasteiger partial charge < -0.3 is 14.9 Å². The zero-order valence-corrected chi connectivity index (χ0v) is 13.4. The molecule has 0 bridgehead atoms. The fourth-order valence-corrected chi connectivity index (χ4v) is 4.05. The van der Waals surface area contributed by atoms with Crippen molar-refractivity contribution in [3.05, 3.63) is 34.2 Å². The van der Waals surface area contributed by atoms with E-state index in [2.05, 4.69) is 14.7 Å². The third kappa shape index (κ3) is 3.02. The summed E-state index contributed by atoms with van der Waals surface area (Å²) in [4.78, 5) is 30.7. The van der Waals surface area contributed by atoms with Gasteiger partial charge in [0.25, 0.3) is 5.91 Å². The molecule has 2 heterocycles. The molecule has 1 aromatic carbocycles. The lowest BCUT2D eigenvalue weighted by Gasteiger charge is -2.31.